The molecule has 2 aromatic heterocycles. The second-order valence-corrected chi connectivity index (χ2v) is 6.07. The summed E-state index contributed by atoms with van der Waals surface area (Å²) in [5, 5.41) is 3.73. The molecule has 2 heterocycles. The van der Waals surface area contributed by atoms with Gasteiger partial charge in [-0.1, -0.05) is 5.16 Å². The summed E-state index contributed by atoms with van der Waals surface area (Å²) in [6, 6.07) is 8.37. The number of aryl methyl sites for hydroxylation is 2. The van der Waals surface area contributed by atoms with Crippen molar-refractivity contribution in [1.29, 1.82) is 0 Å². The minimum atomic E-state index is -0.558. The van der Waals surface area contributed by atoms with Crippen LogP contribution in [0.5, 0.6) is 0 Å². The number of rotatable bonds is 5. The van der Waals surface area contributed by atoms with E-state index in [0.29, 0.717) is 28.4 Å². The molecule has 0 N–H and O–H groups in total. The van der Waals surface area contributed by atoms with E-state index in [1.807, 2.05) is 25.5 Å². The van der Waals surface area contributed by atoms with E-state index >= 15 is 0 Å². The molecular formula is C19H19N3O4. The Balaban J connectivity index is 1.64. The normalized spacial score (nSPS) is 10.8. The highest BCUT2D eigenvalue weighted by Crippen LogP contribution is 2.18. The molecule has 0 bridgehead atoms. The van der Waals surface area contributed by atoms with Gasteiger partial charge in [-0.15, -0.1) is 0 Å². The highest BCUT2D eigenvalue weighted by Gasteiger charge is 2.17. The molecule has 0 atom stereocenters. The van der Waals surface area contributed by atoms with Gasteiger partial charge in [-0.3, -0.25) is 4.79 Å². The average Bonchev–Trinajstić information content (AvgIpc) is 3.18. The molecule has 0 aliphatic heterocycles. The van der Waals surface area contributed by atoms with Crippen LogP contribution in [0, 0.1) is 20.8 Å². The standard InChI is InChI=1S/C19H19N3O4/c1-11-9-16(12(2)22(11)4)17(23)10-25-19(24)15-7-5-14(6-8-15)18-20-13(3)21-26-18/h5-9H,10H2,1-4H3. The van der Waals surface area contributed by atoms with Crippen molar-refractivity contribution in [2.24, 2.45) is 7.05 Å². The van der Waals surface area contributed by atoms with Gasteiger partial charge in [0.2, 0.25) is 5.78 Å². The number of carbonyl (C=O) groups is 2. The fourth-order valence-corrected chi connectivity index (χ4v) is 2.59. The Morgan fingerprint density at radius 1 is 1.15 bits per heavy atom. The number of esters is 1. The maximum Gasteiger partial charge on any atom is 0.338 e. The average molecular weight is 353 g/mol. The zero-order valence-electron chi connectivity index (χ0n) is 15.1. The van der Waals surface area contributed by atoms with Crippen molar-refractivity contribution in [2.45, 2.75) is 20.8 Å². The molecule has 26 heavy (non-hydrogen) atoms. The molecule has 0 saturated carbocycles. The fourth-order valence-electron chi connectivity index (χ4n) is 2.59. The van der Waals surface area contributed by atoms with Crippen molar-refractivity contribution < 1.29 is 18.8 Å². The van der Waals surface area contributed by atoms with Crippen LogP contribution in [0.2, 0.25) is 0 Å². The molecule has 0 fully saturated rings. The molecule has 3 aromatic rings. The number of ether oxygens (including phenoxy) is 1. The molecule has 3 rings (SSSR count). The highest BCUT2D eigenvalue weighted by atomic mass is 16.5. The summed E-state index contributed by atoms with van der Waals surface area (Å²) in [5.41, 5.74) is 3.44. The Kier molecular flexibility index (Phi) is 4.71. The van der Waals surface area contributed by atoms with E-state index in [2.05, 4.69) is 10.1 Å². The summed E-state index contributed by atoms with van der Waals surface area (Å²) in [4.78, 5) is 28.6. The maximum atomic E-state index is 12.3. The molecule has 0 radical (unpaired) electrons. The number of nitrogens with zero attached hydrogens (tertiary/aromatic N) is 3. The summed E-state index contributed by atoms with van der Waals surface area (Å²) in [5.74, 6) is 0.135. The van der Waals surface area contributed by atoms with E-state index in [1.54, 1.807) is 37.3 Å². The molecule has 134 valence electrons. The SMILES string of the molecule is Cc1noc(-c2ccc(C(=O)OCC(=O)c3cc(C)n(C)c3C)cc2)n1. The van der Waals surface area contributed by atoms with E-state index in [-0.39, 0.29) is 12.4 Å². The minimum Gasteiger partial charge on any atom is -0.454 e. The molecule has 0 unspecified atom stereocenters. The van der Waals surface area contributed by atoms with Gasteiger partial charge in [-0.25, -0.2) is 4.79 Å². The molecule has 1 aromatic carbocycles. The first kappa shape index (κ1) is 17.6. The lowest BCUT2D eigenvalue weighted by Crippen LogP contribution is -2.15. The van der Waals surface area contributed by atoms with Crippen molar-refractivity contribution in [3.63, 3.8) is 0 Å². The van der Waals surface area contributed by atoms with Gasteiger partial charge in [0, 0.05) is 29.6 Å². The second-order valence-electron chi connectivity index (χ2n) is 6.07. The van der Waals surface area contributed by atoms with E-state index < -0.39 is 5.97 Å². The molecular weight excluding hydrogens is 334 g/mol. The third-order valence-corrected chi connectivity index (χ3v) is 4.31. The Morgan fingerprint density at radius 3 is 2.38 bits per heavy atom. The van der Waals surface area contributed by atoms with Crippen molar-refractivity contribution in [1.82, 2.24) is 14.7 Å². The Labute approximate surface area is 150 Å². The van der Waals surface area contributed by atoms with Gasteiger partial charge in [0.1, 0.15) is 0 Å². The first-order chi connectivity index (χ1) is 12.4. The number of aromatic nitrogens is 3. The van der Waals surface area contributed by atoms with Crippen LogP contribution in [0.4, 0.5) is 0 Å². The van der Waals surface area contributed by atoms with Gasteiger partial charge in [0.15, 0.2) is 12.4 Å². The lowest BCUT2D eigenvalue weighted by Gasteiger charge is -2.05. The predicted octanol–water partition coefficient (Wildman–Crippen LogP) is 3.04. The summed E-state index contributed by atoms with van der Waals surface area (Å²) in [6.07, 6.45) is 0. The van der Waals surface area contributed by atoms with Gasteiger partial charge in [-0.05, 0) is 51.1 Å². The zero-order valence-corrected chi connectivity index (χ0v) is 15.1. The van der Waals surface area contributed by atoms with E-state index in [1.165, 1.54) is 0 Å². The third kappa shape index (κ3) is 3.42. The number of hydrogen-bond donors (Lipinski definition) is 0. The Bertz CT molecular complexity index is 967. The van der Waals surface area contributed by atoms with Crippen LogP contribution in [-0.4, -0.2) is 33.1 Å². The number of ketones is 1. The molecule has 0 aliphatic carbocycles. The summed E-state index contributed by atoms with van der Waals surface area (Å²) < 4.78 is 12.2. The smallest absolute Gasteiger partial charge is 0.338 e. The number of Topliss-reactive ketones (excluding diaryl/α,β-unsaturated/α-hetero) is 1. The van der Waals surface area contributed by atoms with Crippen LogP contribution in [-0.2, 0) is 11.8 Å². The molecule has 7 heteroatoms. The van der Waals surface area contributed by atoms with Crippen molar-refractivity contribution in [2.75, 3.05) is 6.61 Å². The third-order valence-electron chi connectivity index (χ3n) is 4.31. The van der Waals surface area contributed by atoms with Crippen molar-refractivity contribution in [3.8, 4) is 11.5 Å². The van der Waals surface area contributed by atoms with Gasteiger partial charge in [0.05, 0.1) is 5.56 Å². The molecule has 0 spiro atoms. The van der Waals surface area contributed by atoms with Gasteiger partial charge in [0.25, 0.3) is 5.89 Å². The van der Waals surface area contributed by atoms with Crippen LogP contribution in [0.3, 0.4) is 0 Å². The highest BCUT2D eigenvalue weighted by molar-refractivity contribution is 6.00. The molecule has 0 aliphatic rings. The Hall–Kier alpha value is -3.22. The van der Waals surface area contributed by atoms with Crippen molar-refractivity contribution >= 4 is 11.8 Å². The van der Waals surface area contributed by atoms with Crippen LogP contribution in [0.25, 0.3) is 11.5 Å². The predicted molar refractivity (Wildman–Crippen MR) is 94.0 cm³/mol. The molecule has 7 nitrogen and oxygen atoms in total. The zero-order chi connectivity index (χ0) is 18.8. The maximum absolute atomic E-state index is 12.3. The topological polar surface area (TPSA) is 87.2 Å². The summed E-state index contributed by atoms with van der Waals surface area (Å²) in [6.45, 7) is 5.21. The van der Waals surface area contributed by atoms with Gasteiger partial charge < -0.3 is 13.8 Å². The summed E-state index contributed by atoms with van der Waals surface area (Å²) >= 11 is 0. The minimum absolute atomic E-state index is 0.225. The van der Waals surface area contributed by atoms with E-state index in [4.69, 9.17) is 9.26 Å². The lowest BCUT2D eigenvalue weighted by molar-refractivity contribution is 0.0474. The largest absolute Gasteiger partial charge is 0.454 e. The molecule has 0 saturated heterocycles. The first-order valence-corrected chi connectivity index (χ1v) is 8.11. The van der Waals surface area contributed by atoms with E-state index in [0.717, 1.165) is 11.4 Å². The van der Waals surface area contributed by atoms with Crippen LogP contribution >= 0.6 is 0 Å². The number of hydrogen-bond acceptors (Lipinski definition) is 6. The van der Waals surface area contributed by atoms with Crippen LogP contribution in [0.15, 0.2) is 34.9 Å². The second kappa shape index (κ2) is 6.95. The van der Waals surface area contributed by atoms with Crippen LogP contribution in [0.1, 0.15) is 37.9 Å². The molecule has 0 amide bonds. The van der Waals surface area contributed by atoms with Gasteiger partial charge >= 0.3 is 5.97 Å². The number of benzene rings is 1. The summed E-state index contributed by atoms with van der Waals surface area (Å²) in [7, 11) is 1.89. The Morgan fingerprint density at radius 2 is 1.85 bits per heavy atom. The number of carbonyl (C=O) groups excluding carboxylic acids is 2. The van der Waals surface area contributed by atoms with Gasteiger partial charge in [-0.2, -0.15) is 4.98 Å². The van der Waals surface area contributed by atoms with Crippen LogP contribution < -0.4 is 0 Å². The lowest BCUT2D eigenvalue weighted by atomic mass is 10.1. The quantitative estimate of drug-likeness (QED) is 0.517. The monoisotopic (exact) mass is 353 g/mol. The van der Waals surface area contributed by atoms with E-state index in [9.17, 15) is 9.59 Å². The van der Waals surface area contributed by atoms with Crippen molar-refractivity contribution in [3.05, 3.63) is 58.7 Å². The fraction of sp³-hybridized carbons (Fsp3) is 0.263. The first-order valence-electron chi connectivity index (χ1n) is 8.11.